The Morgan fingerprint density at radius 3 is 2.50 bits per heavy atom. The molecular weight excluding hydrogens is 222 g/mol. The third-order valence-electron chi connectivity index (χ3n) is 1.19. The van der Waals surface area contributed by atoms with Gasteiger partial charge >= 0.3 is 0 Å². The van der Waals surface area contributed by atoms with Crippen LogP contribution in [0.15, 0.2) is 33.7 Å². The van der Waals surface area contributed by atoms with Gasteiger partial charge in [0.1, 0.15) is 0 Å². The molecule has 0 aromatic heterocycles. The SMILES string of the molecule is NC(=Nc1ccc(Br)cc1)NO. The molecule has 12 heavy (non-hydrogen) atoms. The highest BCUT2D eigenvalue weighted by atomic mass is 79.9. The normalized spacial score (nSPS) is 11.3. The quantitative estimate of drug-likeness (QED) is 0.387. The lowest BCUT2D eigenvalue weighted by atomic mass is 10.3. The summed E-state index contributed by atoms with van der Waals surface area (Å²) in [6.45, 7) is 0. The molecule has 0 spiro atoms. The molecule has 5 heteroatoms. The highest BCUT2D eigenvalue weighted by Gasteiger charge is 1.90. The minimum atomic E-state index is -0.0303. The fourth-order valence-electron chi connectivity index (χ4n) is 0.680. The molecule has 0 bridgehead atoms. The zero-order chi connectivity index (χ0) is 8.97. The summed E-state index contributed by atoms with van der Waals surface area (Å²) in [4.78, 5) is 3.83. The van der Waals surface area contributed by atoms with Gasteiger partial charge in [-0.25, -0.2) is 10.5 Å². The molecule has 64 valence electrons. The number of aliphatic imine (C=N–C) groups is 1. The van der Waals surface area contributed by atoms with Crippen molar-refractivity contribution in [3.05, 3.63) is 28.7 Å². The van der Waals surface area contributed by atoms with Crippen LogP contribution in [0.1, 0.15) is 0 Å². The number of halogens is 1. The molecule has 0 atom stereocenters. The molecule has 0 amide bonds. The average Bonchev–Trinajstić information content (AvgIpc) is 2.09. The molecule has 4 N–H and O–H groups in total. The number of hydrogen-bond acceptors (Lipinski definition) is 2. The van der Waals surface area contributed by atoms with Crippen molar-refractivity contribution in [1.29, 1.82) is 0 Å². The molecule has 0 saturated carbocycles. The summed E-state index contributed by atoms with van der Waals surface area (Å²) in [5, 5.41) is 8.34. The van der Waals surface area contributed by atoms with E-state index in [0.717, 1.165) is 4.47 Å². The molecule has 0 unspecified atom stereocenters. The molecule has 0 fully saturated rings. The van der Waals surface area contributed by atoms with Crippen LogP contribution in [0, 0.1) is 0 Å². The molecule has 0 aliphatic heterocycles. The van der Waals surface area contributed by atoms with E-state index in [0.29, 0.717) is 5.69 Å². The highest BCUT2D eigenvalue weighted by Crippen LogP contribution is 2.16. The lowest BCUT2D eigenvalue weighted by molar-refractivity contribution is 0.233. The lowest BCUT2D eigenvalue weighted by Crippen LogP contribution is -2.27. The number of hydrogen-bond donors (Lipinski definition) is 3. The number of benzene rings is 1. The molecular formula is C7H8BrN3O. The number of hydroxylamine groups is 1. The summed E-state index contributed by atoms with van der Waals surface area (Å²) in [6, 6.07) is 7.22. The maximum Gasteiger partial charge on any atom is 0.218 e. The Morgan fingerprint density at radius 1 is 1.42 bits per heavy atom. The van der Waals surface area contributed by atoms with Gasteiger partial charge in [-0.3, -0.25) is 5.21 Å². The van der Waals surface area contributed by atoms with Gasteiger partial charge in [-0.05, 0) is 24.3 Å². The van der Waals surface area contributed by atoms with Crippen molar-refractivity contribution in [3.8, 4) is 0 Å². The standard InChI is InChI=1S/C7H8BrN3O/c8-5-1-3-6(4-2-5)10-7(9)11-12/h1-4,12H,(H3,9,10,11). The van der Waals surface area contributed by atoms with Crippen LogP contribution in [0.25, 0.3) is 0 Å². The van der Waals surface area contributed by atoms with Crippen molar-refractivity contribution >= 4 is 27.6 Å². The minimum absolute atomic E-state index is 0.0303. The van der Waals surface area contributed by atoms with Crippen LogP contribution in [-0.2, 0) is 0 Å². The number of nitrogens with two attached hydrogens (primary N) is 1. The van der Waals surface area contributed by atoms with Crippen LogP contribution in [0.2, 0.25) is 0 Å². The van der Waals surface area contributed by atoms with Gasteiger partial charge in [0.2, 0.25) is 5.96 Å². The monoisotopic (exact) mass is 229 g/mol. The second kappa shape index (κ2) is 4.08. The van der Waals surface area contributed by atoms with Crippen LogP contribution in [0.4, 0.5) is 5.69 Å². The smallest absolute Gasteiger partial charge is 0.218 e. The molecule has 1 rings (SSSR count). The van der Waals surface area contributed by atoms with Crippen molar-refractivity contribution in [2.45, 2.75) is 0 Å². The zero-order valence-electron chi connectivity index (χ0n) is 6.16. The van der Waals surface area contributed by atoms with Gasteiger partial charge < -0.3 is 5.73 Å². The average molecular weight is 230 g/mol. The van der Waals surface area contributed by atoms with E-state index >= 15 is 0 Å². The predicted octanol–water partition coefficient (Wildman–Crippen LogP) is 1.37. The highest BCUT2D eigenvalue weighted by molar-refractivity contribution is 9.10. The molecule has 0 aliphatic rings. The Morgan fingerprint density at radius 2 is 2.00 bits per heavy atom. The zero-order valence-corrected chi connectivity index (χ0v) is 7.75. The van der Waals surface area contributed by atoms with E-state index in [1.165, 1.54) is 0 Å². The van der Waals surface area contributed by atoms with Gasteiger partial charge in [-0.15, -0.1) is 0 Å². The third-order valence-corrected chi connectivity index (χ3v) is 1.72. The number of nitrogens with one attached hydrogen (secondary N) is 1. The van der Waals surface area contributed by atoms with E-state index in [1.807, 2.05) is 12.1 Å². The van der Waals surface area contributed by atoms with Gasteiger partial charge in [-0.2, -0.15) is 0 Å². The van der Waals surface area contributed by atoms with Crippen LogP contribution in [-0.4, -0.2) is 11.2 Å². The van der Waals surface area contributed by atoms with E-state index in [-0.39, 0.29) is 5.96 Å². The molecule has 0 radical (unpaired) electrons. The number of rotatable bonds is 1. The predicted molar refractivity (Wildman–Crippen MR) is 50.3 cm³/mol. The van der Waals surface area contributed by atoms with Crippen LogP contribution >= 0.6 is 15.9 Å². The molecule has 1 aromatic rings. The Bertz CT molecular complexity index is 283. The lowest BCUT2D eigenvalue weighted by Gasteiger charge is -1.97. The molecule has 0 aliphatic carbocycles. The molecule has 1 aromatic carbocycles. The number of nitrogens with zero attached hydrogens (tertiary/aromatic N) is 1. The van der Waals surface area contributed by atoms with E-state index in [2.05, 4.69) is 20.9 Å². The fourth-order valence-corrected chi connectivity index (χ4v) is 0.944. The van der Waals surface area contributed by atoms with Crippen LogP contribution < -0.4 is 11.2 Å². The van der Waals surface area contributed by atoms with Crippen molar-refractivity contribution in [1.82, 2.24) is 5.48 Å². The van der Waals surface area contributed by atoms with Crippen molar-refractivity contribution in [2.75, 3.05) is 0 Å². The van der Waals surface area contributed by atoms with Crippen LogP contribution in [0.5, 0.6) is 0 Å². The first-order valence-electron chi connectivity index (χ1n) is 3.22. The van der Waals surface area contributed by atoms with E-state index in [1.54, 1.807) is 17.6 Å². The summed E-state index contributed by atoms with van der Waals surface area (Å²) in [7, 11) is 0. The van der Waals surface area contributed by atoms with Gasteiger partial charge in [-0.1, -0.05) is 15.9 Å². The first-order valence-corrected chi connectivity index (χ1v) is 4.01. The summed E-state index contributed by atoms with van der Waals surface area (Å²) in [6.07, 6.45) is 0. The van der Waals surface area contributed by atoms with Gasteiger partial charge in [0.15, 0.2) is 0 Å². The van der Waals surface area contributed by atoms with E-state index in [9.17, 15) is 0 Å². The summed E-state index contributed by atoms with van der Waals surface area (Å²) < 4.78 is 0.969. The molecule has 0 saturated heterocycles. The van der Waals surface area contributed by atoms with Crippen molar-refractivity contribution < 1.29 is 5.21 Å². The second-order valence-electron chi connectivity index (χ2n) is 2.09. The summed E-state index contributed by atoms with van der Waals surface area (Å²) >= 11 is 3.28. The molecule has 0 heterocycles. The maximum atomic E-state index is 8.34. The number of guanidine groups is 1. The fraction of sp³-hybridized carbons (Fsp3) is 0. The Balaban J connectivity index is 2.84. The van der Waals surface area contributed by atoms with Crippen LogP contribution in [0.3, 0.4) is 0 Å². The first-order chi connectivity index (χ1) is 5.72. The largest absolute Gasteiger partial charge is 0.368 e. The summed E-state index contributed by atoms with van der Waals surface area (Å²) in [5.41, 5.74) is 7.64. The van der Waals surface area contributed by atoms with Crippen molar-refractivity contribution in [3.63, 3.8) is 0 Å². The maximum absolute atomic E-state index is 8.34. The topological polar surface area (TPSA) is 70.6 Å². The minimum Gasteiger partial charge on any atom is -0.368 e. The Kier molecular flexibility index (Phi) is 3.07. The first kappa shape index (κ1) is 9.02. The second-order valence-corrected chi connectivity index (χ2v) is 3.00. The van der Waals surface area contributed by atoms with Crippen molar-refractivity contribution in [2.24, 2.45) is 10.7 Å². The van der Waals surface area contributed by atoms with Gasteiger partial charge in [0, 0.05) is 4.47 Å². The third kappa shape index (κ3) is 2.52. The summed E-state index contributed by atoms with van der Waals surface area (Å²) in [5.74, 6) is -0.0303. The van der Waals surface area contributed by atoms with E-state index < -0.39 is 0 Å². The Hall–Kier alpha value is -1.07. The Labute approximate surface area is 78.2 Å². The van der Waals surface area contributed by atoms with E-state index in [4.69, 9.17) is 10.9 Å². The molecule has 4 nitrogen and oxygen atoms in total. The van der Waals surface area contributed by atoms with Gasteiger partial charge in [0.05, 0.1) is 5.69 Å². The van der Waals surface area contributed by atoms with Gasteiger partial charge in [0.25, 0.3) is 0 Å².